The van der Waals surface area contributed by atoms with Crippen LogP contribution in [0.2, 0.25) is 0 Å². The van der Waals surface area contributed by atoms with Crippen LogP contribution in [-0.2, 0) is 9.47 Å². The summed E-state index contributed by atoms with van der Waals surface area (Å²) < 4.78 is 11.4. The van der Waals surface area contributed by atoms with E-state index in [2.05, 4.69) is 0 Å². The minimum Gasteiger partial charge on any atom is -0.375 e. The molecule has 2 aliphatic rings. The van der Waals surface area contributed by atoms with Gasteiger partial charge in [0.1, 0.15) is 0 Å². The summed E-state index contributed by atoms with van der Waals surface area (Å²) in [6.45, 7) is 2.94. The summed E-state index contributed by atoms with van der Waals surface area (Å²) >= 11 is 0. The molecule has 2 aliphatic heterocycles. The average molecular weight is 316 g/mol. The molecule has 0 spiro atoms. The van der Waals surface area contributed by atoms with Gasteiger partial charge in [0.15, 0.2) is 0 Å². The van der Waals surface area contributed by atoms with Crippen molar-refractivity contribution in [3.63, 3.8) is 0 Å². The molecule has 4 atom stereocenters. The van der Waals surface area contributed by atoms with Crippen molar-refractivity contribution in [3.8, 4) is 0 Å². The zero-order valence-electron chi connectivity index (χ0n) is 13.9. The molecule has 0 aromatic heterocycles. The third kappa shape index (κ3) is 7.85. The van der Waals surface area contributed by atoms with Crippen molar-refractivity contribution < 1.29 is 9.47 Å². The lowest BCUT2D eigenvalue weighted by molar-refractivity contribution is 0.0387. The molecule has 2 fully saturated rings. The van der Waals surface area contributed by atoms with Gasteiger partial charge < -0.3 is 32.4 Å². The third-order valence-corrected chi connectivity index (χ3v) is 4.35. The molecule has 0 bridgehead atoms. The zero-order chi connectivity index (χ0) is 16.2. The molecule has 0 radical (unpaired) electrons. The van der Waals surface area contributed by atoms with E-state index >= 15 is 0 Å². The van der Waals surface area contributed by atoms with E-state index in [0.29, 0.717) is 24.4 Å². The van der Waals surface area contributed by atoms with Gasteiger partial charge in [-0.05, 0) is 77.5 Å². The molecule has 2 saturated heterocycles. The predicted molar refractivity (Wildman–Crippen MR) is 90.5 cm³/mol. The highest BCUT2D eigenvalue weighted by atomic mass is 16.5. The van der Waals surface area contributed by atoms with Crippen LogP contribution in [0, 0.1) is 0 Å². The van der Waals surface area contributed by atoms with Crippen LogP contribution in [0.25, 0.3) is 0 Å². The molecule has 0 saturated carbocycles. The normalized spacial score (nSPS) is 31.1. The Hall–Kier alpha value is -0.240. The molecule has 132 valence electrons. The van der Waals surface area contributed by atoms with Gasteiger partial charge in [-0.1, -0.05) is 0 Å². The first kappa shape index (κ1) is 19.8. The van der Waals surface area contributed by atoms with Gasteiger partial charge in [0.25, 0.3) is 0 Å². The number of hydrogen-bond acceptors (Lipinski definition) is 6. The molecule has 0 aromatic rings. The van der Waals surface area contributed by atoms with E-state index in [-0.39, 0.29) is 0 Å². The van der Waals surface area contributed by atoms with Crippen LogP contribution in [0.15, 0.2) is 0 Å². The molecule has 2 heterocycles. The van der Waals surface area contributed by atoms with Crippen LogP contribution in [0.4, 0.5) is 0 Å². The summed E-state index contributed by atoms with van der Waals surface area (Å²) in [6.07, 6.45) is 10.3. The number of ether oxygens (including phenoxy) is 2. The van der Waals surface area contributed by atoms with Gasteiger partial charge in [-0.25, -0.2) is 0 Å². The monoisotopic (exact) mass is 316 g/mol. The van der Waals surface area contributed by atoms with Gasteiger partial charge in [0.05, 0.1) is 24.4 Å². The third-order valence-electron chi connectivity index (χ3n) is 4.35. The van der Waals surface area contributed by atoms with Gasteiger partial charge in [-0.2, -0.15) is 0 Å². The maximum Gasteiger partial charge on any atom is 0.0591 e. The van der Waals surface area contributed by atoms with Gasteiger partial charge >= 0.3 is 0 Å². The maximum atomic E-state index is 5.68. The highest BCUT2D eigenvalue weighted by Gasteiger charge is 2.24. The second kappa shape index (κ2) is 12.2. The SMILES string of the molecule is NCC[C@@H]1CC[C@@H](CCN)O1.NCC[C@@H]1CC[C@H](CCN)O1. The first-order valence-corrected chi connectivity index (χ1v) is 8.84. The molecule has 2 rings (SSSR count). The van der Waals surface area contributed by atoms with Crippen LogP contribution in [-0.4, -0.2) is 50.6 Å². The van der Waals surface area contributed by atoms with Crippen LogP contribution < -0.4 is 22.9 Å². The van der Waals surface area contributed by atoms with E-state index < -0.39 is 0 Å². The maximum absolute atomic E-state index is 5.68. The molecule has 22 heavy (non-hydrogen) atoms. The topological polar surface area (TPSA) is 123 Å². The molecule has 0 aliphatic carbocycles. The van der Waals surface area contributed by atoms with Crippen LogP contribution in [0.3, 0.4) is 0 Å². The summed E-state index contributed by atoms with van der Waals surface area (Å²) in [5, 5.41) is 0. The number of hydrogen-bond donors (Lipinski definition) is 4. The lowest BCUT2D eigenvalue weighted by Gasteiger charge is -2.11. The molecule has 6 heteroatoms. The Morgan fingerprint density at radius 2 is 0.727 bits per heavy atom. The van der Waals surface area contributed by atoms with Crippen molar-refractivity contribution in [3.05, 3.63) is 0 Å². The lowest BCUT2D eigenvalue weighted by Crippen LogP contribution is -2.17. The second-order valence-corrected chi connectivity index (χ2v) is 6.22. The van der Waals surface area contributed by atoms with Crippen molar-refractivity contribution >= 4 is 0 Å². The second-order valence-electron chi connectivity index (χ2n) is 6.22. The minimum absolute atomic E-state index is 0.413. The Labute approximate surface area is 135 Å². The summed E-state index contributed by atoms with van der Waals surface area (Å²) in [7, 11) is 0. The van der Waals surface area contributed by atoms with Crippen molar-refractivity contribution in [1.82, 2.24) is 0 Å². The quantitative estimate of drug-likeness (QED) is 0.516. The highest BCUT2D eigenvalue weighted by molar-refractivity contribution is 4.74. The molecule has 0 aromatic carbocycles. The van der Waals surface area contributed by atoms with Crippen LogP contribution >= 0.6 is 0 Å². The summed E-state index contributed by atoms with van der Waals surface area (Å²) in [5.74, 6) is 0. The zero-order valence-corrected chi connectivity index (χ0v) is 13.9. The molecular formula is C16H36N4O2. The van der Waals surface area contributed by atoms with E-state index in [9.17, 15) is 0 Å². The van der Waals surface area contributed by atoms with Gasteiger partial charge in [-0.15, -0.1) is 0 Å². The minimum atomic E-state index is 0.413. The molecule has 8 N–H and O–H groups in total. The summed E-state index contributed by atoms with van der Waals surface area (Å²) in [6, 6.07) is 0. The largest absolute Gasteiger partial charge is 0.375 e. The predicted octanol–water partition coefficient (Wildman–Crippen LogP) is 0.463. The van der Waals surface area contributed by atoms with Crippen LogP contribution in [0.5, 0.6) is 0 Å². The Morgan fingerprint density at radius 3 is 0.909 bits per heavy atom. The first-order valence-electron chi connectivity index (χ1n) is 8.84. The fourth-order valence-electron chi connectivity index (χ4n) is 3.15. The van der Waals surface area contributed by atoms with Crippen molar-refractivity contribution in [2.75, 3.05) is 26.2 Å². The standard InChI is InChI=1S/2C8H18N2O/c2*9-5-3-7-1-2-8(11-7)4-6-10/h2*7-8H,1-6,9-10H2/t7-,8+;7-,8-/m.0/s1. The fraction of sp³-hybridized carbons (Fsp3) is 1.00. The number of rotatable bonds is 8. The van der Waals surface area contributed by atoms with E-state index in [1.165, 1.54) is 25.7 Å². The van der Waals surface area contributed by atoms with Crippen molar-refractivity contribution in [1.29, 1.82) is 0 Å². The average Bonchev–Trinajstić information content (AvgIpc) is 3.12. The van der Waals surface area contributed by atoms with Gasteiger partial charge in [0.2, 0.25) is 0 Å². The van der Waals surface area contributed by atoms with Gasteiger partial charge in [0, 0.05) is 0 Å². The van der Waals surface area contributed by atoms with Gasteiger partial charge in [-0.3, -0.25) is 0 Å². The fourth-order valence-corrected chi connectivity index (χ4v) is 3.15. The molecule has 0 unspecified atom stereocenters. The Bertz CT molecular complexity index is 219. The summed E-state index contributed by atoms with van der Waals surface area (Å²) in [4.78, 5) is 0. The van der Waals surface area contributed by atoms with Crippen molar-refractivity contribution in [2.24, 2.45) is 22.9 Å². The highest BCUT2D eigenvalue weighted by Crippen LogP contribution is 2.23. The first-order chi connectivity index (χ1) is 10.7. The van der Waals surface area contributed by atoms with E-state index in [0.717, 1.165) is 51.9 Å². The molecule has 0 amide bonds. The summed E-state index contributed by atoms with van der Waals surface area (Å²) in [5.41, 5.74) is 21.7. The Kier molecular flexibility index (Phi) is 11.0. The Balaban J connectivity index is 0.000000220. The van der Waals surface area contributed by atoms with Crippen LogP contribution in [0.1, 0.15) is 51.4 Å². The molecule has 6 nitrogen and oxygen atoms in total. The molecular weight excluding hydrogens is 280 g/mol. The Morgan fingerprint density at radius 1 is 0.500 bits per heavy atom. The van der Waals surface area contributed by atoms with Crippen molar-refractivity contribution in [2.45, 2.75) is 75.8 Å². The number of nitrogens with two attached hydrogens (primary N) is 4. The van der Waals surface area contributed by atoms with E-state index in [1.807, 2.05) is 0 Å². The lowest BCUT2D eigenvalue weighted by atomic mass is 10.1. The smallest absolute Gasteiger partial charge is 0.0591 e. The van der Waals surface area contributed by atoms with E-state index in [1.54, 1.807) is 0 Å². The van der Waals surface area contributed by atoms with E-state index in [4.69, 9.17) is 32.4 Å².